The van der Waals surface area contributed by atoms with Gasteiger partial charge in [0.1, 0.15) is 5.65 Å². The van der Waals surface area contributed by atoms with Gasteiger partial charge >= 0.3 is 5.97 Å². The smallest absolute Gasteiger partial charge is 0.303 e. The van der Waals surface area contributed by atoms with Crippen molar-refractivity contribution < 1.29 is 24.5 Å². The number of aromatic nitrogens is 3. The van der Waals surface area contributed by atoms with E-state index in [1.165, 1.54) is 11.5 Å². The molecule has 1 saturated carbocycles. The van der Waals surface area contributed by atoms with Crippen LogP contribution in [0.4, 0.5) is 5.95 Å². The van der Waals surface area contributed by atoms with Crippen LogP contribution >= 0.6 is 0 Å². The first-order valence-electron chi connectivity index (χ1n) is 11.3. The molecule has 1 aliphatic heterocycles. The number of anilines is 1. The highest BCUT2D eigenvalue weighted by Crippen LogP contribution is 2.49. The zero-order valence-corrected chi connectivity index (χ0v) is 19.1. The molecule has 4 rings (SSSR count). The summed E-state index contributed by atoms with van der Waals surface area (Å²) in [5, 5.41) is 23.4. The normalized spacial score (nSPS) is 27.6. The van der Waals surface area contributed by atoms with Gasteiger partial charge in [0.05, 0.1) is 30.7 Å². The minimum absolute atomic E-state index is 0.0798. The number of Topliss-reactive ketones (excluding diaryl/α,β-unsaturated/α-hetero) is 1. The third-order valence-electron chi connectivity index (χ3n) is 7.10. The fourth-order valence-electron chi connectivity index (χ4n) is 5.37. The highest BCUT2D eigenvalue weighted by Gasteiger charge is 2.43. The van der Waals surface area contributed by atoms with E-state index in [0.29, 0.717) is 42.5 Å². The number of hydrogen-bond donors (Lipinski definition) is 3. The molecular weight excluding hydrogens is 428 g/mol. The van der Waals surface area contributed by atoms with Gasteiger partial charge in [-0.25, -0.2) is 4.98 Å². The van der Waals surface area contributed by atoms with Gasteiger partial charge in [-0.15, -0.1) is 0 Å². The van der Waals surface area contributed by atoms with E-state index in [1.54, 1.807) is 13.1 Å². The van der Waals surface area contributed by atoms with Crippen LogP contribution in [-0.2, 0) is 9.53 Å². The Morgan fingerprint density at radius 1 is 1.36 bits per heavy atom. The van der Waals surface area contributed by atoms with E-state index < -0.39 is 29.1 Å². The minimum Gasteiger partial charge on any atom is -0.481 e. The first-order valence-corrected chi connectivity index (χ1v) is 11.3. The van der Waals surface area contributed by atoms with Crippen molar-refractivity contribution in [3.63, 3.8) is 0 Å². The van der Waals surface area contributed by atoms with Crippen LogP contribution < -0.4 is 10.9 Å². The molecule has 2 aromatic heterocycles. The molecule has 4 atom stereocenters. The van der Waals surface area contributed by atoms with Crippen molar-refractivity contribution >= 4 is 28.7 Å². The van der Waals surface area contributed by atoms with Gasteiger partial charge in [0.15, 0.2) is 5.78 Å². The second-order valence-corrected chi connectivity index (χ2v) is 9.48. The monoisotopic (exact) mass is 458 g/mol. The van der Waals surface area contributed by atoms with Crippen LogP contribution in [0.15, 0.2) is 11.0 Å². The molecule has 10 heteroatoms. The van der Waals surface area contributed by atoms with Gasteiger partial charge < -0.3 is 20.3 Å². The number of fused-ring (bicyclic) bond motifs is 1. The summed E-state index contributed by atoms with van der Waals surface area (Å²) in [6, 6.07) is -0.712. The Bertz CT molecular complexity index is 1160. The van der Waals surface area contributed by atoms with Crippen LogP contribution in [0.1, 0.15) is 67.9 Å². The number of hydrogen-bond acceptors (Lipinski definition) is 8. The number of aliphatic carboxylic acids is 1. The average molecular weight is 459 g/mol. The molecule has 33 heavy (non-hydrogen) atoms. The lowest BCUT2D eigenvalue weighted by Gasteiger charge is -2.33. The average Bonchev–Trinajstić information content (AvgIpc) is 3.09. The number of carboxylic acids is 1. The van der Waals surface area contributed by atoms with Crippen LogP contribution in [-0.4, -0.2) is 61.9 Å². The quantitative estimate of drug-likeness (QED) is 0.554. The number of carbonyl (C=O) groups is 2. The summed E-state index contributed by atoms with van der Waals surface area (Å²) in [6.07, 6.45) is 3.41. The van der Waals surface area contributed by atoms with Crippen molar-refractivity contribution in [3.8, 4) is 0 Å². The molecule has 10 nitrogen and oxygen atoms in total. The standard InChI is InChI=1S/C23H30N4O6/c1-12-14-10-24-22(25-15-6-8-33-11-16(15)29)26-20(14)27(21(32)19(12)13(2)28)17-5-4-7-23(17,3)9-18(30)31/h10,15-17,29H,4-9,11H2,1-3H3,(H,30,31)(H,24,25,26)/t15-,16-,17-,23-/m1/s1. The Hall–Kier alpha value is -2.85. The van der Waals surface area contributed by atoms with Crippen LogP contribution in [0.5, 0.6) is 0 Å². The SMILES string of the molecule is CC(=O)c1c(C)c2cnc(N[C@@H]3CCOC[C@H]3O)nc2n([C@@H]2CCC[C@]2(C)CC(=O)O)c1=O. The van der Waals surface area contributed by atoms with Gasteiger partial charge in [-0.2, -0.15) is 4.98 Å². The fourth-order valence-corrected chi connectivity index (χ4v) is 5.37. The predicted molar refractivity (Wildman–Crippen MR) is 121 cm³/mol. The molecule has 2 fully saturated rings. The minimum atomic E-state index is -0.925. The number of carboxylic acid groups (broad SMARTS) is 1. The van der Waals surface area contributed by atoms with Crippen molar-refractivity contribution in [2.45, 2.75) is 71.1 Å². The molecule has 2 aliphatic rings. The van der Waals surface area contributed by atoms with E-state index in [1.807, 2.05) is 6.92 Å². The molecule has 1 saturated heterocycles. The molecule has 0 amide bonds. The molecule has 0 spiro atoms. The highest BCUT2D eigenvalue weighted by molar-refractivity contribution is 5.99. The number of aryl methyl sites for hydroxylation is 1. The number of ether oxygens (including phenoxy) is 1. The molecule has 2 aromatic rings. The first-order chi connectivity index (χ1) is 15.6. The number of ketones is 1. The van der Waals surface area contributed by atoms with E-state index in [9.17, 15) is 24.6 Å². The molecule has 1 aliphatic carbocycles. The van der Waals surface area contributed by atoms with Crippen LogP contribution in [0.3, 0.4) is 0 Å². The van der Waals surface area contributed by atoms with Gasteiger partial charge in [-0.1, -0.05) is 13.3 Å². The second-order valence-electron chi connectivity index (χ2n) is 9.48. The maximum Gasteiger partial charge on any atom is 0.303 e. The Morgan fingerprint density at radius 3 is 2.79 bits per heavy atom. The topological polar surface area (TPSA) is 144 Å². The van der Waals surface area contributed by atoms with Crippen molar-refractivity contribution in [3.05, 3.63) is 27.7 Å². The molecule has 0 radical (unpaired) electrons. The van der Waals surface area contributed by atoms with Crippen LogP contribution in [0.25, 0.3) is 11.0 Å². The summed E-state index contributed by atoms with van der Waals surface area (Å²) >= 11 is 0. The van der Waals surface area contributed by atoms with Crippen molar-refractivity contribution in [2.24, 2.45) is 5.41 Å². The van der Waals surface area contributed by atoms with Gasteiger partial charge in [0.25, 0.3) is 5.56 Å². The van der Waals surface area contributed by atoms with E-state index in [2.05, 4.69) is 15.3 Å². The predicted octanol–water partition coefficient (Wildman–Crippen LogP) is 2.07. The lowest BCUT2D eigenvalue weighted by atomic mass is 9.81. The number of pyridine rings is 1. The lowest BCUT2D eigenvalue weighted by molar-refractivity contribution is -0.140. The molecule has 3 N–H and O–H groups in total. The summed E-state index contributed by atoms with van der Waals surface area (Å²) in [5.74, 6) is -1.01. The maximum atomic E-state index is 13.6. The first kappa shape index (κ1) is 23.3. The highest BCUT2D eigenvalue weighted by atomic mass is 16.5. The Balaban J connectivity index is 1.90. The van der Waals surface area contributed by atoms with Gasteiger partial charge in [-0.3, -0.25) is 19.0 Å². The molecule has 0 bridgehead atoms. The van der Waals surface area contributed by atoms with Crippen LogP contribution in [0.2, 0.25) is 0 Å². The third kappa shape index (κ3) is 4.24. The van der Waals surface area contributed by atoms with E-state index in [4.69, 9.17) is 4.74 Å². The van der Waals surface area contributed by atoms with E-state index in [0.717, 1.165) is 6.42 Å². The summed E-state index contributed by atoms with van der Waals surface area (Å²) in [5.41, 5.74) is -0.149. The number of carbonyl (C=O) groups excluding carboxylic acids is 1. The van der Waals surface area contributed by atoms with Gasteiger partial charge in [0, 0.05) is 24.2 Å². The van der Waals surface area contributed by atoms with Crippen LogP contribution in [0, 0.1) is 12.3 Å². The summed E-state index contributed by atoms with van der Waals surface area (Å²) in [4.78, 5) is 46.7. The van der Waals surface area contributed by atoms with Crippen molar-refractivity contribution in [1.82, 2.24) is 14.5 Å². The lowest BCUT2D eigenvalue weighted by Crippen LogP contribution is -2.42. The molecule has 0 aromatic carbocycles. The van der Waals surface area contributed by atoms with Gasteiger partial charge in [0.2, 0.25) is 5.95 Å². The summed E-state index contributed by atoms with van der Waals surface area (Å²) in [7, 11) is 0. The van der Waals surface area contributed by atoms with E-state index >= 15 is 0 Å². The number of nitrogens with zero attached hydrogens (tertiary/aromatic N) is 3. The Labute approximate surface area is 191 Å². The third-order valence-corrected chi connectivity index (χ3v) is 7.10. The van der Waals surface area contributed by atoms with Crippen molar-refractivity contribution in [2.75, 3.05) is 18.5 Å². The van der Waals surface area contributed by atoms with Crippen molar-refractivity contribution in [1.29, 1.82) is 0 Å². The maximum absolute atomic E-state index is 13.6. The Kier molecular flexibility index (Phi) is 6.24. The number of nitrogens with one attached hydrogen (secondary N) is 1. The summed E-state index contributed by atoms with van der Waals surface area (Å²) < 4.78 is 6.79. The molecule has 0 unspecified atom stereocenters. The molecule has 178 valence electrons. The number of rotatable bonds is 6. The number of aliphatic hydroxyl groups excluding tert-OH is 1. The zero-order valence-electron chi connectivity index (χ0n) is 19.1. The fraction of sp³-hybridized carbons (Fsp3) is 0.609. The molecule has 3 heterocycles. The molecular formula is C23H30N4O6. The van der Waals surface area contributed by atoms with Gasteiger partial charge in [-0.05, 0) is 44.1 Å². The second kappa shape index (κ2) is 8.83. The number of aliphatic hydroxyl groups is 1. The zero-order chi connectivity index (χ0) is 23.9. The Morgan fingerprint density at radius 2 is 2.12 bits per heavy atom. The van der Waals surface area contributed by atoms with E-state index in [-0.39, 0.29) is 36.4 Å². The summed E-state index contributed by atoms with van der Waals surface area (Å²) in [6.45, 7) is 5.66. The largest absolute Gasteiger partial charge is 0.481 e.